The maximum Gasteiger partial charge on any atom is 0.260 e. The van der Waals surface area contributed by atoms with Gasteiger partial charge in [0.1, 0.15) is 27.2 Å². The summed E-state index contributed by atoms with van der Waals surface area (Å²) in [7, 11) is 0. The quantitative estimate of drug-likeness (QED) is 0.658. The number of hydrogen-bond donors (Lipinski definition) is 3. The highest BCUT2D eigenvalue weighted by Crippen LogP contribution is 2.42. The molecular weight excluding hydrogens is 334 g/mol. The highest BCUT2D eigenvalue weighted by Gasteiger charge is 2.23. The van der Waals surface area contributed by atoms with Crippen molar-refractivity contribution in [2.75, 3.05) is 11.5 Å². The van der Waals surface area contributed by atoms with Gasteiger partial charge in [0.05, 0.1) is 5.69 Å². The van der Waals surface area contributed by atoms with E-state index in [-0.39, 0.29) is 21.9 Å². The lowest BCUT2D eigenvalue weighted by molar-refractivity contribution is 0.100. The van der Waals surface area contributed by atoms with Gasteiger partial charge < -0.3 is 17.2 Å². The van der Waals surface area contributed by atoms with Crippen molar-refractivity contribution in [3.63, 3.8) is 0 Å². The summed E-state index contributed by atoms with van der Waals surface area (Å²) in [6, 6.07) is 8.93. The monoisotopic (exact) mass is 343 g/mol. The number of aromatic nitrogens is 1. The molecule has 1 aromatic carbocycles. The summed E-state index contributed by atoms with van der Waals surface area (Å²) in [6.45, 7) is 0. The summed E-state index contributed by atoms with van der Waals surface area (Å²) < 4.78 is 0. The highest BCUT2D eigenvalue weighted by atomic mass is 35.5. The van der Waals surface area contributed by atoms with Crippen molar-refractivity contribution in [2.24, 2.45) is 5.73 Å². The summed E-state index contributed by atoms with van der Waals surface area (Å²) in [5, 5.41) is 10.5. The first kappa shape index (κ1) is 15.1. The average Bonchev–Trinajstić information content (AvgIpc) is 2.83. The number of pyridine rings is 1. The Hall–Kier alpha value is -2.82. The molecular formula is C15H10ClN5OS. The minimum absolute atomic E-state index is 0.0715. The number of fused-ring (bicyclic) bond motifs is 1. The molecule has 0 saturated heterocycles. The van der Waals surface area contributed by atoms with Gasteiger partial charge in [-0.15, -0.1) is 11.3 Å². The lowest BCUT2D eigenvalue weighted by Crippen LogP contribution is -2.10. The van der Waals surface area contributed by atoms with E-state index >= 15 is 0 Å². The molecule has 3 aromatic rings. The van der Waals surface area contributed by atoms with Gasteiger partial charge in [0.15, 0.2) is 0 Å². The van der Waals surface area contributed by atoms with Crippen LogP contribution in [-0.4, -0.2) is 10.9 Å². The van der Waals surface area contributed by atoms with Gasteiger partial charge in [-0.3, -0.25) is 4.79 Å². The molecule has 0 fully saturated rings. The number of halogens is 1. The van der Waals surface area contributed by atoms with E-state index < -0.39 is 5.91 Å². The first-order valence-corrected chi connectivity index (χ1v) is 7.60. The molecule has 0 radical (unpaired) electrons. The molecule has 1 amide bonds. The van der Waals surface area contributed by atoms with Gasteiger partial charge in [-0.1, -0.05) is 23.7 Å². The number of carbonyl (C=O) groups is 1. The Labute approximate surface area is 140 Å². The summed E-state index contributed by atoms with van der Waals surface area (Å²) in [5.41, 5.74) is 18.9. The second-order valence-corrected chi connectivity index (χ2v) is 6.19. The predicted molar refractivity (Wildman–Crippen MR) is 92.1 cm³/mol. The second kappa shape index (κ2) is 5.43. The fraction of sp³-hybridized carbons (Fsp3) is 0. The molecule has 0 saturated carbocycles. The number of benzene rings is 1. The maximum atomic E-state index is 11.5. The van der Waals surface area contributed by atoms with E-state index in [1.54, 1.807) is 24.3 Å². The first-order chi connectivity index (χ1) is 10.9. The maximum absolute atomic E-state index is 11.5. The Bertz CT molecular complexity index is 988. The third-order valence-electron chi connectivity index (χ3n) is 3.37. The van der Waals surface area contributed by atoms with E-state index in [2.05, 4.69) is 4.98 Å². The van der Waals surface area contributed by atoms with Crippen LogP contribution in [0, 0.1) is 11.3 Å². The van der Waals surface area contributed by atoms with Crippen LogP contribution in [0.3, 0.4) is 0 Å². The zero-order chi connectivity index (χ0) is 16.7. The van der Waals surface area contributed by atoms with Crippen molar-refractivity contribution >= 4 is 50.6 Å². The number of primary amides is 1. The number of thiophene rings is 1. The fourth-order valence-corrected chi connectivity index (χ4v) is 3.46. The lowest BCUT2D eigenvalue weighted by Gasteiger charge is -2.09. The summed E-state index contributed by atoms with van der Waals surface area (Å²) in [6.07, 6.45) is 0. The Morgan fingerprint density at radius 3 is 2.48 bits per heavy atom. The topological polar surface area (TPSA) is 132 Å². The second-order valence-electron chi connectivity index (χ2n) is 4.76. The Morgan fingerprint density at radius 1 is 1.26 bits per heavy atom. The Kier molecular flexibility index (Phi) is 3.56. The number of nitriles is 1. The van der Waals surface area contributed by atoms with E-state index in [0.717, 1.165) is 11.3 Å². The Morgan fingerprint density at radius 2 is 1.91 bits per heavy atom. The van der Waals surface area contributed by atoms with Gasteiger partial charge in [-0.05, 0) is 17.7 Å². The molecule has 0 aliphatic heterocycles. The van der Waals surface area contributed by atoms with Gasteiger partial charge in [-0.2, -0.15) is 5.26 Å². The third kappa shape index (κ3) is 2.34. The highest BCUT2D eigenvalue weighted by molar-refractivity contribution is 7.21. The van der Waals surface area contributed by atoms with E-state index in [1.165, 1.54) is 0 Å². The number of nitrogens with zero attached hydrogens (tertiary/aromatic N) is 2. The molecule has 0 aliphatic carbocycles. The van der Waals surface area contributed by atoms with Gasteiger partial charge >= 0.3 is 0 Å². The average molecular weight is 344 g/mol. The molecule has 2 aromatic heterocycles. The largest absolute Gasteiger partial charge is 0.397 e. The Balaban J connectivity index is 2.48. The molecule has 2 heterocycles. The number of anilines is 2. The SMILES string of the molecule is N#Cc1c(N)nc2sc(C(N)=O)c(N)c2c1-c1ccc(Cl)cc1. The zero-order valence-corrected chi connectivity index (χ0v) is 13.2. The van der Waals surface area contributed by atoms with Gasteiger partial charge in [0, 0.05) is 16.0 Å². The van der Waals surface area contributed by atoms with Crippen LogP contribution >= 0.6 is 22.9 Å². The third-order valence-corrected chi connectivity index (χ3v) is 4.74. The molecule has 0 aliphatic rings. The van der Waals surface area contributed by atoms with Crippen LogP contribution in [0.1, 0.15) is 15.2 Å². The molecule has 0 atom stereocenters. The van der Waals surface area contributed by atoms with Gasteiger partial charge in [0.25, 0.3) is 5.91 Å². The predicted octanol–water partition coefficient (Wildman–Crippen LogP) is 2.75. The van der Waals surface area contributed by atoms with Crippen molar-refractivity contribution in [1.82, 2.24) is 4.98 Å². The smallest absolute Gasteiger partial charge is 0.260 e. The summed E-state index contributed by atoms with van der Waals surface area (Å²) >= 11 is 6.96. The van der Waals surface area contributed by atoms with Crippen LogP contribution in [0.4, 0.5) is 11.5 Å². The van der Waals surface area contributed by atoms with Crippen molar-refractivity contribution in [3.05, 3.63) is 39.7 Å². The fourth-order valence-electron chi connectivity index (χ4n) is 2.37. The van der Waals surface area contributed by atoms with Crippen LogP contribution < -0.4 is 17.2 Å². The summed E-state index contributed by atoms with van der Waals surface area (Å²) in [4.78, 5) is 16.4. The van der Waals surface area contributed by atoms with Gasteiger partial charge in [-0.25, -0.2) is 4.98 Å². The van der Waals surface area contributed by atoms with Crippen LogP contribution in [-0.2, 0) is 0 Å². The zero-order valence-electron chi connectivity index (χ0n) is 11.6. The number of amides is 1. The molecule has 6 N–H and O–H groups in total. The molecule has 114 valence electrons. The van der Waals surface area contributed by atoms with Gasteiger partial charge in [0.2, 0.25) is 0 Å². The first-order valence-electron chi connectivity index (χ1n) is 6.41. The number of rotatable bonds is 2. The molecule has 8 heteroatoms. The van der Waals surface area contributed by atoms with E-state index in [0.29, 0.717) is 26.4 Å². The van der Waals surface area contributed by atoms with E-state index in [9.17, 15) is 10.1 Å². The van der Waals surface area contributed by atoms with Crippen molar-refractivity contribution in [1.29, 1.82) is 5.26 Å². The molecule has 23 heavy (non-hydrogen) atoms. The molecule has 3 rings (SSSR count). The molecule has 6 nitrogen and oxygen atoms in total. The molecule has 0 unspecified atom stereocenters. The minimum atomic E-state index is -0.648. The number of nitrogen functional groups attached to an aromatic ring is 2. The van der Waals surface area contributed by atoms with Crippen molar-refractivity contribution in [2.45, 2.75) is 0 Å². The van der Waals surface area contributed by atoms with Crippen LogP contribution in [0.2, 0.25) is 5.02 Å². The lowest BCUT2D eigenvalue weighted by atomic mass is 9.97. The molecule has 0 bridgehead atoms. The number of nitrogens with two attached hydrogens (primary N) is 3. The van der Waals surface area contributed by atoms with Crippen LogP contribution in [0.25, 0.3) is 21.3 Å². The minimum Gasteiger partial charge on any atom is -0.397 e. The van der Waals surface area contributed by atoms with Crippen molar-refractivity contribution in [3.8, 4) is 17.2 Å². The van der Waals surface area contributed by atoms with Crippen LogP contribution in [0.5, 0.6) is 0 Å². The van der Waals surface area contributed by atoms with E-state index in [1.807, 2.05) is 6.07 Å². The normalized spacial score (nSPS) is 10.6. The summed E-state index contributed by atoms with van der Waals surface area (Å²) in [5.74, 6) is -0.577. The standard InChI is InChI=1S/C15H10ClN5OS/c16-7-3-1-6(2-4-7)9-8(5-17)13(19)21-15-10(9)11(18)12(23-15)14(20)22/h1-4H,18H2,(H2,19,21)(H2,20,22). The van der Waals surface area contributed by atoms with Crippen LogP contribution in [0.15, 0.2) is 24.3 Å². The van der Waals surface area contributed by atoms with E-state index in [4.69, 9.17) is 28.8 Å². The molecule has 0 spiro atoms. The van der Waals surface area contributed by atoms with Crippen molar-refractivity contribution < 1.29 is 4.79 Å². The number of carbonyl (C=O) groups excluding carboxylic acids is 1. The number of hydrogen-bond acceptors (Lipinski definition) is 6.